The molecule has 16 heavy (non-hydrogen) atoms. The van der Waals surface area contributed by atoms with Crippen LogP contribution in [0.2, 0.25) is 5.02 Å². The van der Waals surface area contributed by atoms with E-state index in [4.69, 9.17) is 11.6 Å². The fourth-order valence-electron chi connectivity index (χ4n) is 1.86. The van der Waals surface area contributed by atoms with Crippen molar-refractivity contribution in [2.75, 3.05) is 0 Å². The first-order valence-electron chi connectivity index (χ1n) is 5.02. The SMILES string of the molecule is Clc1ccc(-n2cccc2)c2cnccc12. The van der Waals surface area contributed by atoms with Gasteiger partial charge >= 0.3 is 0 Å². The van der Waals surface area contributed by atoms with Crippen LogP contribution in [-0.2, 0) is 0 Å². The fourth-order valence-corrected chi connectivity index (χ4v) is 2.09. The molecule has 1 aromatic carbocycles. The van der Waals surface area contributed by atoms with Gasteiger partial charge in [0.25, 0.3) is 0 Å². The zero-order valence-electron chi connectivity index (χ0n) is 8.47. The van der Waals surface area contributed by atoms with E-state index in [1.165, 1.54) is 0 Å². The molecular weight excluding hydrogens is 220 g/mol. The zero-order chi connectivity index (χ0) is 11.0. The van der Waals surface area contributed by atoms with Gasteiger partial charge in [0.15, 0.2) is 0 Å². The minimum absolute atomic E-state index is 0.758. The highest BCUT2D eigenvalue weighted by Gasteiger charge is 2.05. The molecule has 3 aromatic rings. The first-order chi connectivity index (χ1) is 7.86. The van der Waals surface area contributed by atoms with Crippen molar-refractivity contribution in [3.05, 3.63) is 60.1 Å². The average molecular weight is 229 g/mol. The lowest BCUT2D eigenvalue weighted by Gasteiger charge is -2.08. The summed E-state index contributed by atoms with van der Waals surface area (Å²) in [5, 5.41) is 2.85. The molecular formula is C13H9ClN2. The molecule has 0 saturated carbocycles. The summed E-state index contributed by atoms with van der Waals surface area (Å²) in [5.41, 5.74) is 1.09. The fraction of sp³-hybridized carbons (Fsp3) is 0. The molecule has 2 aromatic heterocycles. The largest absolute Gasteiger partial charge is 0.323 e. The first-order valence-corrected chi connectivity index (χ1v) is 5.39. The number of benzene rings is 1. The van der Waals surface area contributed by atoms with Gasteiger partial charge in [0.1, 0.15) is 0 Å². The van der Waals surface area contributed by atoms with E-state index in [1.807, 2.05) is 48.9 Å². The van der Waals surface area contributed by atoms with Gasteiger partial charge in [0, 0.05) is 40.6 Å². The molecule has 2 heterocycles. The van der Waals surface area contributed by atoms with E-state index < -0.39 is 0 Å². The second kappa shape index (κ2) is 3.65. The van der Waals surface area contributed by atoms with Gasteiger partial charge in [0.2, 0.25) is 0 Å². The van der Waals surface area contributed by atoms with Gasteiger partial charge in [-0.15, -0.1) is 0 Å². The Hall–Kier alpha value is -1.80. The third-order valence-corrected chi connectivity index (χ3v) is 2.95. The van der Waals surface area contributed by atoms with Crippen LogP contribution in [0, 0.1) is 0 Å². The molecule has 0 spiro atoms. The van der Waals surface area contributed by atoms with E-state index in [1.54, 1.807) is 6.20 Å². The van der Waals surface area contributed by atoms with Crippen LogP contribution in [0.5, 0.6) is 0 Å². The maximum Gasteiger partial charge on any atom is 0.0544 e. The van der Waals surface area contributed by atoms with Crippen molar-refractivity contribution in [3.63, 3.8) is 0 Å². The molecule has 0 aliphatic carbocycles. The van der Waals surface area contributed by atoms with E-state index in [9.17, 15) is 0 Å². The van der Waals surface area contributed by atoms with Gasteiger partial charge in [-0.3, -0.25) is 4.98 Å². The topological polar surface area (TPSA) is 17.8 Å². The van der Waals surface area contributed by atoms with Gasteiger partial charge in [-0.1, -0.05) is 11.6 Å². The highest BCUT2D eigenvalue weighted by Crippen LogP contribution is 2.27. The number of halogens is 1. The van der Waals surface area contributed by atoms with Crippen molar-refractivity contribution in [2.24, 2.45) is 0 Å². The Morgan fingerprint density at radius 2 is 1.81 bits per heavy atom. The minimum Gasteiger partial charge on any atom is -0.323 e. The predicted molar refractivity (Wildman–Crippen MR) is 66.1 cm³/mol. The van der Waals surface area contributed by atoms with Crippen molar-refractivity contribution in [3.8, 4) is 5.69 Å². The quantitative estimate of drug-likeness (QED) is 0.621. The molecule has 0 saturated heterocycles. The Morgan fingerprint density at radius 3 is 2.62 bits per heavy atom. The van der Waals surface area contributed by atoms with Crippen LogP contribution >= 0.6 is 11.6 Å². The van der Waals surface area contributed by atoms with Crippen LogP contribution in [0.25, 0.3) is 16.5 Å². The van der Waals surface area contributed by atoms with Gasteiger partial charge in [-0.2, -0.15) is 0 Å². The third-order valence-electron chi connectivity index (χ3n) is 2.62. The lowest BCUT2D eigenvalue weighted by Crippen LogP contribution is -1.91. The van der Waals surface area contributed by atoms with Crippen LogP contribution in [0.4, 0.5) is 0 Å². The summed E-state index contributed by atoms with van der Waals surface area (Å²) < 4.78 is 2.06. The Labute approximate surface area is 98.1 Å². The molecule has 0 fully saturated rings. The Morgan fingerprint density at radius 1 is 1.00 bits per heavy atom. The Balaban J connectivity index is 2.39. The smallest absolute Gasteiger partial charge is 0.0544 e. The van der Waals surface area contributed by atoms with Crippen molar-refractivity contribution in [1.82, 2.24) is 9.55 Å². The lowest BCUT2D eigenvalue weighted by atomic mass is 10.1. The summed E-state index contributed by atoms with van der Waals surface area (Å²) in [7, 11) is 0. The third kappa shape index (κ3) is 1.39. The van der Waals surface area contributed by atoms with Gasteiger partial charge in [-0.25, -0.2) is 0 Å². The normalized spacial score (nSPS) is 10.8. The van der Waals surface area contributed by atoms with Gasteiger partial charge in [0.05, 0.1) is 5.69 Å². The summed E-state index contributed by atoms with van der Waals surface area (Å²) in [5.74, 6) is 0. The second-order valence-electron chi connectivity index (χ2n) is 3.58. The molecule has 0 atom stereocenters. The zero-order valence-corrected chi connectivity index (χ0v) is 9.22. The molecule has 3 rings (SSSR count). The summed E-state index contributed by atoms with van der Waals surface area (Å²) in [4.78, 5) is 4.15. The maximum atomic E-state index is 6.15. The lowest BCUT2D eigenvalue weighted by molar-refractivity contribution is 1.09. The van der Waals surface area contributed by atoms with E-state index in [-0.39, 0.29) is 0 Å². The highest BCUT2D eigenvalue weighted by molar-refractivity contribution is 6.35. The minimum atomic E-state index is 0.758. The van der Waals surface area contributed by atoms with E-state index in [0.29, 0.717) is 0 Å². The van der Waals surface area contributed by atoms with Crippen LogP contribution in [-0.4, -0.2) is 9.55 Å². The summed E-state index contributed by atoms with van der Waals surface area (Å²) >= 11 is 6.15. The molecule has 0 amide bonds. The first kappa shape index (κ1) is 9.43. The number of hydrogen-bond acceptors (Lipinski definition) is 1. The number of nitrogens with zero attached hydrogens (tertiary/aromatic N) is 2. The number of hydrogen-bond donors (Lipinski definition) is 0. The van der Waals surface area contributed by atoms with Crippen LogP contribution < -0.4 is 0 Å². The van der Waals surface area contributed by atoms with Crippen molar-refractivity contribution in [1.29, 1.82) is 0 Å². The van der Waals surface area contributed by atoms with Crippen molar-refractivity contribution >= 4 is 22.4 Å². The summed E-state index contributed by atoms with van der Waals surface area (Å²) in [6.07, 6.45) is 7.62. The molecule has 0 radical (unpaired) electrons. The number of rotatable bonds is 1. The van der Waals surface area contributed by atoms with E-state index in [0.717, 1.165) is 21.5 Å². The van der Waals surface area contributed by atoms with Gasteiger partial charge in [-0.05, 0) is 30.3 Å². The number of fused-ring (bicyclic) bond motifs is 1. The van der Waals surface area contributed by atoms with E-state index >= 15 is 0 Å². The monoisotopic (exact) mass is 228 g/mol. The van der Waals surface area contributed by atoms with Crippen LogP contribution in [0.1, 0.15) is 0 Å². The summed E-state index contributed by atoms with van der Waals surface area (Å²) in [6.45, 7) is 0. The molecule has 0 unspecified atom stereocenters. The van der Waals surface area contributed by atoms with Crippen LogP contribution in [0.15, 0.2) is 55.1 Å². The average Bonchev–Trinajstić information content (AvgIpc) is 2.83. The Bertz CT molecular complexity index is 629. The Kier molecular flexibility index (Phi) is 2.15. The molecule has 0 aliphatic heterocycles. The number of aromatic nitrogens is 2. The number of pyridine rings is 1. The maximum absolute atomic E-state index is 6.15. The van der Waals surface area contributed by atoms with Crippen molar-refractivity contribution < 1.29 is 0 Å². The van der Waals surface area contributed by atoms with Crippen LogP contribution in [0.3, 0.4) is 0 Å². The molecule has 78 valence electrons. The molecule has 2 nitrogen and oxygen atoms in total. The molecule has 0 bridgehead atoms. The molecule has 0 aliphatic rings. The summed E-state index contributed by atoms with van der Waals surface area (Å²) in [6, 6.07) is 9.85. The standard InChI is InChI=1S/C13H9ClN2/c14-12-3-4-13(16-7-1-2-8-16)11-9-15-6-5-10(11)12/h1-9H. The molecule has 0 N–H and O–H groups in total. The van der Waals surface area contributed by atoms with Crippen molar-refractivity contribution in [2.45, 2.75) is 0 Å². The van der Waals surface area contributed by atoms with E-state index in [2.05, 4.69) is 9.55 Å². The second-order valence-corrected chi connectivity index (χ2v) is 3.99. The molecule has 3 heteroatoms. The van der Waals surface area contributed by atoms with Gasteiger partial charge < -0.3 is 4.57 Å². The highest BCUT2D eigenvalue weighted by atomic mass is 35.5. The predicted octanol–water partition coefficient (Wildman–Crippen LogP) is 3.68.